The van der Waals surface area contributed by atoms with Crippen molar-refractivity contribution in [2.24, 2.45) is 0 Å². The molecule has 0 bridgehead atoms. The molecular weight excluding hydrogens is 501 g/mol. The maximum absolute atomic E-state index is 13.3. The highest BCUT2D eigenvalue weighted by Crippen LogP contribution is 2.30. The van der Waals surface area contributed by atoms with E-state index in [9.17, 15) is 32.7 Å². The van der Waals surface area contributed by atoms with Gasteiger partial charge in [-0.3, -0.25) is 9.69 Å². The van der Waals surface area contributed by atoms with Crippen molar-refractivity contribution in [1.82, 2.24) is 10.2 Å². The first-order chi connectivity index (χ1) is 18.1. The summed E-state index contributed by atoms with van der Waals surface area (Å²) in [5.74, 6) is -2.15. The van der Waals surface area contributed by atoms with Gasteiger partial charge in [-0.05, 0) is 28.3 Å². The van der Waals surface area contributed by atoms with Crippen molar-refractivity contribution in [3.05, 3.63) is 107 Å². The van der Waals surface area contributed by atoms with E-state index in [1.165, 1.54) is 17.0 Å². The Hall–Kier alpha value is -4.34. The number of nitrogens with one attached hydrogen (secondary N) is 1. The second-order valence-corrected chi connectivity index (χ2v) is 8.96. The van der Waals surface area contributed by atoms with Crippen LogP contribution in [0.15, 0.2) is 78.9 Å². The zero-order valence-electron chi connectivity index (χ0n) is 20.1. The van der Waals surface area contributed by atoms with Crippen LogP contribution in [0.4, 0.5) is 18.0 Å². The highest BCUT2D eigenvalue weighted by Gasteiger charge is 2.37. The number of nitrogens with zero attached hydrogens (tertiary/aromatic N) is 1. The Morgan fingerprint density at radius 2 is 1.61 bits per heavy atom. The maximum atomic E-state index is 13.3. The first-order valence-corrected chi connectivity index (χ1v) is 11.8. The van der Waals surface area contributed by atoms with Crippen LogP contribution in [0.2, 0.25) is 0 Å². The summed E-state index contributed by atoms with van der Waals surface area (Å²) in [7, 11) is 0. The van der Waals surface area contributed by atoms with E-state index >= 15 is 0 Å². The fourth-order valence-corrected chi connectivity index (χ4v) is 4.33. The zero-order valence-corrected chi connectivity index (χ0v) is 20.1. The molecule has 0 saturated heterocycles. The molecule has 2 N–H and O–H groups in total. The number of fused-ring (bicyclic) bond motifs is 1. The van der Waals surface area contributed by atoms with Gasteiger partial charge in [0.2, 0.25) is 5.91 Å². The van der Waals surface area contributed by atoms with Gasteiger partial charge in [0.15, 0.2) is 0 Å². The minimum Gasteiger partial charge on any atom is -0.480 e. The second kappa shape index (κ2) is 11.4. The van der Waals surface area contributed by atoms with Gasteiger partial charge in [0, 0.05) is 12.8 Å². The van der Waals surface area contributed by atoms with Crippen LogP contribution in [0.1, 0.15) is 27.8 Å². The molecule has 3 aromatic rings. The Morgan fingerprint density at radius 1 is 0.947 bits per heavy atom. The van der Waals surface area contributed by atoms with Crippen molar-refractivity contribution < 1.29 is 37.4 Å². The largest absolute Gasteiger partial charge is 0.480 e. The van der Waals surface area contributed by atoms with Crippen LogP contribution in [0.25, 0.3) is 0 Å². The summed E-state index contributed by atoms with van der Waals surface area (Å²) in [4.78, 5) is 39.5. The van der Waals surface area contributed by atoms with Crippen molar-refractivity contribution >= 4 is 18.0 Å². The van der Waals surface area contributed by atoms with E-state index < -0.39 is 41.8 Å². The van der Waals surface area contributed by atoms with Crippen molar-refractivity contribution in [3.8, 4) is 0 Å². The number of carbonyl (C=O) groups excluding carboxylic acids is 2. The predicted octanol–water partition coefficient (Wildman–Crippen LogP) is 4.58. The van der Waals surface area contributed by atoms with E-state index in [4.69, 9.17) is 4.74 Å². The average Bonchev–Trinajstić information content (AvgIpc) is 2.90. The number of carbonyl (C=O) groups is 3. The molecule has 1 aliphatic heterocycles. The van der Waals surface area contributed by atoms with Gasteiger partial charge in [0.05, 0.1) is 12.1 Å². The molecule has 198 valence electrons. The lowest BCUT2D eigenvalue weighted by atomic mass is 9.93. The van der Waals surface area contributed by atoms with Crippen molar-refractivity contribution in [2.45, 2.75) is 44.3 Å². The Morgan fingerprint density at radius 3 is 2.29 bits per heavy atom. The standard InChI is InChI=1S/C28H25F3N2O5/c29-28(30,31)22-12-6-9-19(13-22)14-23(26(35)36)32-25(34)24-15-20-10-4-5-11-21(20)16-33(24)27(37)38-17-18-7-2-1-3-8-18/h1-13,23-24H,14-17H2,(H,32,34)(H,35,36)/t23-,24-/m0/s1. The van der Waals surface area contributed by atoms with Crippen LogP contribution in [0.3, 0.4) is 0 Å². The van der Waals surface area contributed by atoms with E-state index in [0.29, 0.717) is 0 Å². The molecule has 1 aliphatic rings. The number of ether oxygens (including phenoxy) is 1. The molecule has 0 aliphatic carbocycles. The van der Waals surface area contributed by atoms with Gasteiger partial charge in [0.25, 0.3) is 0 Å². The fraction of sp³-hybridized carbons (Fsp3) is 0.250. The van der Waals surface area contributed by atoms with Crippen molar-refractivity contribution in [3.63, 3.8) is 0 Å². The average molecular weight is 527 g/mol. The van der Waals surface area contributed by atoms with Crippen LogP contribution in [0, 0.1) is 0 Å². The van der Waals surface area contributed by atoms with Gasteiger partial charge in [0.1, 0.15) is 18.7 Å². The molecule has 0 fully saturated rings. The van der Waals surface area contributed by atoms with Gasteiger partial charge < -0.3 is 15.2 Å². The van der Waals surface area contributed by atoms with Gasteiger partial charge in [-0.2, -0.15) is 13.2 Å². The molecule has 1 heterocycles. The summed E-state index contributed by atoms with van der Waals surface area (Å²) in [5, 5.41) is 12.1. The molecule has 0 spiro atoms. The third kappa shape index (κ3) is 6.50. The quantitative estimate of drug-likeness (QED) is 0.470. The van der Waals surface area contributed by atoms with Gasteiger partial charge in [-0.15, -0.1) is 0 Å². The number of carboxylic acid groups (broad SMARTS) is 1. The van der Waals surface area contributed by atoms with E-state index in [0.717, 1.165) is 28.8 Å². The Kier molecular flexibility index (Phi) is 7.99. The number of halogens is 3. The van der Waals surface area contributed by atoms with Crippen LogP contribution in [0.5, 0.6) is 0 Å². The number of rotatable bonds is 7. The van der Waals surface area contributed by atoms with E-state index in [-0.39, 0.29) is 31.6 Å². The highest BCUT2D eigenvalue weighted by molar-refractivity contribution is 5.90. The normalized spacial score (nSPS) is 15.8. The maximum Gasteiger partial charge on any atom is 0.416 e. The van der Waals surface area contributed by atoms with E-state index in [1.807, 2.05) is 24.3 Å². The molecule has 3 aromatic carbocycles. The molecule has 2 atom stereocenters. The summed E-state index contributed by atoms with van der Waals surface area (Å²) in [6.45, 7) is 0.0622. The molecule has 0 radical (unpaired) electrons. The molecule has 38 heavy (non-hydrogen) atoms. The number of carboxylic acids is 1. The molecule has 10 heteroatoms. The lowest BCUT2D eigenvalue weighted by molar-refractivity contribution is -0.142. The summed E-state index contributed by atoms with van der Waals surface area (Å²) < 4.78 is 44.7. The smallest absolute Gasteiger partial charge is 0.416 e. The highest BCUT2D eigenvalue weighted by atomic mass is 19.4. The minimum absolute atomic E-state index is 0.0144. The monoisotopic (exact) mass is 526 g/mol. The Balaban J connectivity index is 1.52. The lowest BCUT2D eigenvalue weighted by Gasteiger charge is -2.35. The van der Waals surface area contributed by atoms with Crippen LogP contribution in [-0.2, 0) is 46.5 Å². The summed E-state index contributed by atoms with van der Waals surface area (Å²) in [6.07, 6.45) is -5.58. The molecule has 7 nitrogen and oxygen atoms in total. The van der Waals surface area contributed by atoms with E-state index in [2.05, 4.69) is 5.32 Å². The Bertz CT molecular complexity index is 1310. The minimum atomic E-state index is -4.59. The van der Waals surface area contributed by atoms with E-state index in [1.54, 1.807) is 30.3 Å². The third-order valence-corrected chi connectivity index (χ3v) is 6.30. The lowest BCUT2D eigenvalue weighted by Crippen LogP contribution is -2.56. The third-order valence-electron chi connectivity index (χ3n) is 6.30. The van der Waals surface area contributed by atoms with Crippen molar-refractivity contribution in [1.29, 1.82) is 0 Å². The van der Waals surface area contributed by atoms with Crippen LogP contribution >= 0.6 is 0 Å². The SMILES string of the molecule is O=C(O)[C@H](Cc1cccc(C(F)(F)F)c1)NC(=O)[C@@H]1Cc2ccccc2CN1C(=O)OCc1ccccc1. The van der Waals surface area contributed by atoms with Crippen LogP contribution in [-0.4, -0.2) is 40.1 Å². The van der Waals surface area contributed by atoms with Gasteiger partial charge in [-0.1, -0.05) is 72.8 Å². The first kappa shape index (κ1) is 26.7. The second-order valence-electron chi connectivity index (χ2n) is 8.96. The molecule has 2 amide bonds. The number of hydrogen-bond acceptors (Lipinski definition) is 4. The topological polar surface area (TPSA) is 95.9 Å². The summed E-state index contributed by atoms with van der Waals surface area (Å²) >= 11 is 0. The first-order valence-electron chi connectivity index (χ1n) is 11.8. The van der Waals surface area contributed by atoms with Crippen molar-refractivity contribution in [2.75, 3.05) is 0 Å². The number of benzene rings is 3. The molecule has 0 unspecified atom stereocenters. The Labute approximate surface area is 216 Å². The number of aliphatic carboxylic acids is 1. The summed E-state index contributed by atoms with van der Waals surface area (Å²) in [5.41, 5.74) is 1.59. The zero-order chi connectivity index (χ0) is 27.3. The summed E-state index contributed by atoms with van der Waals surface area (Å²) in [6, 6.07) is 17.9. The van der Waals surface area contributed by atoms with Gasteiger partial charge >= 0.3 is 18.2 Å². The van der Waals surface area contributed by atoms with Crippen LogP contribution < -0.4 is 5.32 Å². The molecule has 0 saturated carbocycles. The predicted molar refractivity (Wildman–Crippen MR) is 131 cm³/mol. The molecular formula is C28H25F3N2O5. The molecule has 0 aromatic heterocycles. The number of amides is 2. The number of alkyl halides is 3. The fourth-order valence-electron chi connectivity index (χ4n) is 4.33. The molecule has 4 rings (SSSR count). The number of hydrogen-bond donors (Lipinski definition) is 2. The van der Waals surface area contributed by atoms with Gasteiger partial charge in [-0.25, -0.2) is 9.59 Å².